The Hall–Kier alpha value is -3.79. The second-order valence-electron chi connectivity index (χ2n) is 11.2. The number of nitrogens with one attached hydrogen (secondary N) is 1. The molecule has 0 bridgehead atoms. The van der Waals surface area contributed by atoms with Gasteiger partial charge in [0.15, 0.2) is 0 Å². The van der Waals surface area contributed by atoms with Gasteiger partial charge in [-0.3, -0.25) is 4.79 Å². The maximum absolute atomic E-state index is 13.5. The first-order chi connectivity index (χ1) is 19.8. The minimum atomic E-state index is -5.08. The van der Waals surface area contributed by atoms with Crippen LogP contribution in [0.5, 0.6) is 0 Å². The highest BCUT2D eigenvalue weighted by atomic mass is 19.4. The molecule has 246 valence electrons. The lowest BCUT2D eigenvalue weighted by atomic mass is 9.55. The number of carbonyl (C=O) groups excluding carboxylic acids is 1. The van der Waals surface area contributed by atoms with Gasteiger partial charge in [-0.05, 0) is 56.4 Å². The number of nitrogens with zero attached hydrogens (tertiary/aromatic N) is 3. The van der Waals surface area contributed by atoms with Gasteiger partial charge >= 0.3 is 24.5 Å². The average molecular weight is 646 g/mol. The van der Waals surface area contributed by atoms with Gasteiger partial charge < -0.3 is 21.1 Å². The van der Waals surface area contributed by atoms with Crippen LogP contribution in [-0.4, -0.2) is 53.3 Å². The van der Waals surface area contributed by atoms with Crippen LogP contribution in [0.2, 0.25) is 0 Å². The predicted octanol–water partition coefficient (Wildman–Crippen LogP) is 6.33. The molecule has 44 heavy (non-hydrogen) atoms. The molecule has 0 aliphatic heterocycles. The molecule has 1 aliphatic carbocycles. The van der Waals surface area contributed by atoms with E-state index in [1.807, 2.05) is 25.9 Å². The molecule has 0 radical (unpaired) electrons. The number of primary amides is 1. The van der Waals surface area contributed by atoms with Crippen LogP contribution >= 0.6 is 0 Å². The Labute approximate surface area is 246 Å². The second-order valence-corrected chi connectivity index (χ2v) is 11.2. The molecule has 1 aliphatic rings. The largest absolute Gasteiger partial charge is 0.490 e. The van der Waals surface area contributed by atoms with Crippen molar-refractivity contribution in [1.82, 2.24) is 9.97 Å². The van der Waals surface area contributed by atoms with Gasteiger partial charge in [-0.1, -0.05) is 13.8 Å². The zero-order chi connectivity index (χ0) is 34.1. The van der Waals surface area contributed by atoms with E-state index in [4.69, 9.17) is 15.6 Å². The topological polar surface area (TPSA) is 121 Å². The van der Waals surface area contributed by atoms with Crippen molar-refractivity contribution in [2.24, 2.45) is 11.1 Å². The van der Waals surface area contributed by atoms with Gasteiger partial charge in [0.25, 0.3) is 0 Å². The summed E-state index contributed by atoms with van der Waals surface area (Å²) >= 11 is 0. The summed E-state index contributed by atoms with van der Waals surface area (Å²) in [5.41, 5.74) is 0.833. The third-order valence-electron chi connectivity index (χ3n) is 7.76. The van der Waals surface area contributed by atoms with E-state index in [2.05, 4.69) is 15.3 Å². The van der Waals surface area contributed by atoms with Gasteiger partial charge in [0.1, 0.15) is 5.82 Å². The first kappa shape index (κ1) is 36.4. The van der Waals surface area contributed by atoms with Crippen LogP contribution in [0.3, 0.4) is 0 Å². The number of anilines is 2. The van der Waals surface area contributed by atoms with Crippen molar-refractivity contribution in [3.05, 3.63) is 46.6 Å². The SMILES string of the molecule is Cc1cnc(NC2CCC(C(N)=O)(C(C)(C)c3cc(C(F)(F)F)cc(C(F)(F)F)c3)CC2)nc1N(C)C.O=C(O)C(F)(F)F. The number of hydrogen-bond donors (Lipinski definition) is 3. The third-order valence-corrected chi connectivity index (χ3v) is 7.76. The standard InChI is InChI=1S/C25H31F6N5O.C2HF3O2/c1-14-13-33-21(35-19(14)36(4)5)34-18-6-8-23(9-7-18,20(32)37)22(2,3)15-10-16(24(26,27)28)12-17(11-15)25(29,30)31;3-2(4,5)1(6)7/h10-13,18H,6-9H2,1-5H3,(H2,32,37)(H,33,34,35);(H,6,7). The van der Waals surface area contributed by atoms with E-state index >= 15 is 0 Å². The molecular formula is C27H32F9N5O3. The number of alkyl halides is 9. The molecule has 1 aromatic carbocycles. The fourth-order valence-electron chi connectivity index (χ4n) is 5.16. The Morgan fingerprint density at radius 3 is 1.73 bits per heavy atom. The third kappa shape index (κ3) is 8.22. The monoisotopic (exact) mass is 645 g/mol. The van der Waals surface area contributed by atoms with Crippen molar-refractivity contribution < 1.29 is 54.2 Å². The maximum atomic E-state index is 13.5. The van der Waals surface area contributed by atoms with Crippen molar-refractivity contribution in [2.75, 3.05) is 24.3 Å². The second kappa shape index (κ2) is 12.7. The van der Waals surface area contributed by atoms with Gasteiger partial charge in [-0.2, -0.15) is 44.5 Å². The first-order valence-corrected chi connectivity index (χ1v) is 13.0. The molecule has 4 N–H and O–H groups in total. The summed E-state index contributed by atoms with van der Waals surface area (Å²) in [7, 11) is 3.70. The summed E-state index contributed by atoms with van der Waals surface area (Å²) in [5, 5.41) is 10.4. The summed E-state index contributed by atoms with van der Waals surface area (Å²) in [6, 6.07) is 1.30. The number of halogens is 9. The van der Waals surface area contributed by atoms with E-state index in [1.165, 1.54) is 13.8 Å². The lowest BCUT2D eigenvalue weighted by Crippen LogP contribution is -2.54. The van der Waals surface area contributed by atoms with E-state index < -0.39 is 52.4 Å². The van der Waals surface area contributed by atoms with Crippen molar-refractivity contribution in [3.8, 4) is 0 Å². The molecule has 2 aromatic rings. The minimum Gasteiger partial charge on any atom is -0.475 e. The summed E-state index contributed by atoms with van der Waals surface area (Å²) < 4.78 is 113. The number of carboxylic acid groups (broad SMARTS) is 1. The Bertz CT molecular complexity index is 1320. The molecule has 0 saturated heterocycles. The van der Waals surface area contributed by atoms with E-state index in [0.29, 0.717) is 30.9 Å². The number of nitrogens with two attached hydrogens (primary N) is 1. The molecule has 0 atom stereocenters. The van der Waals surface area contributed by atoms with Crippen molar-refractivity contribution >= 4 is 23.6 Å². The van der Waals surface area contributed by atoms with Gasteiger partial charge in [0, 0.05) is 37.3 Å². The molecule has 3 rings (SSSR count). The van der Waals surface area contributed by atoms with Gasteiger partial charge in [0.05, 0.1) is 16.5 Å². The van der Waals surface area contributed by atoms with E-state index in [-0.39, 0.29) is 30.5 Å². The van der Waals surface area contributed by atoms with E-state index in [9.17, 15) is 44.3 Å². The lowest BCUT2D eigenvalue weighted by Gasteiger charge is -2.49. The molecule has 1 saturated carbocycles. The zero-order valence-corrected chi connectivity index (χ0v) is 24.3. The number of aliphatic carboxylic acids is 1. The number of aryl methyl sites for hydroxylation is 1. The molecule has 1 heterocycles. The smallest absolute Gasteiger partial charge is 0.475 e. The Morgan fingerprint density at radius 1 is 0.932 bits per heavy atom. The maximum Gasteiger partial charge on any atom is 0.490 e. The predicted molar refractivity (Wildman–Crippen MR) is 142 cm³/mol. The highest BCUT2D eigenvalue weighted by Crippen LogP contribution is 2.52. The quantitative estimate of drug-likeness (QED) is 0.314. The fourth-order valence-corrected chi connectivity index (χ4v) is 5.16. The van der Waals surface area contributed by atoms with Crippen LogP contribution in [-0.2, 0) is 27.4 Å². The number of benzene rings is 1. The van der Waals surface area contributed by atoms with Crippen molar-refractivity contribution in [3.63, 3.8) is 0 Å². The highest BCUT2D eigenvalue weighted by molar-refractivity contribution is 5.83. The van der Waals surface area contributed by atoms with Gasteiger partial charge in [-0.25, -0.2) is 9.78 Å². The Balaban J connectivity index is 0.000000860. The number of carbonyl (C=O) groups is 2. The molecule has 0 spiro atoms. The number of rotatable bonds is 6. The number of carboxylic acids is 1. The normalized spacial score (nSPS) is 19.5. The van der Waals surface area contributed by atoms with Crippen LogP contribution in [0, 0.1) is 12.3 Å². The van der Waals surface area contributed by atoms with Crippen LogP contribution in [0.15, 0.2) is 24.4 Å². The Kier molecular flexibility index (Phi) is 10.5. The van der Waals surface area contributed by atoms with Crippen molar-refractivity contribution in [1.29, 1.82) is 0 Å². The fraction of sp³-hybridized carbons (Fsp3) is 0.556. The van der Waals surface area contributed by atoms with Crippen LogP contribution in [0.4, 0.5) is 51.3 Å². The average Bonchev–Trinajstić information content (AvgIpc) is 2.88. The number of hydrogen-bond acceptors (Lipinski definition) is 6. The zero-order valence-electron chi connectivity index (χ0n) is 24.3. The molecular weight excluding hydrogens is 613 g/mol. The van der Waals surface area contributed by atoms with Crippen LogP contribution < -0.4 is 16.0 Å². The lowest BCUT2D eigenvalue weighted by molar-refractivity contribution is -0.192. The van der Waals surface area contributed by atoms with E-state index in [1.54, 1.807) is 6.20 Å². The summed E-state index contributed by atoms with van der Waals surface area (Å²) in [6.07, 6.45) is -12.3. The summed E-state index contributed by atoms with van der Waals surface area (Å²) in [5.74, 6) is -2.40. The summed E-state index contributed by atoms with van der Waals surface area (Å²) in [4.78, 5) is 32.3. The minimum absolute atomic E-state index is 0.0842. The number of amides is 1. The van der Waals surface area contributed by atoms with E-state index in [0.717, 1.165) is 11.4 Å². The molecule has 17 heteroatoms. The molecule has 1 aromatic heterocycles. The van der Waals surface area contributed by atoms with Gasteiger partial charge in [0.2, 0.25) is 11.9 Å². The van der Waals surface area contributed by atoms with Crippen LogP contribution in [0.25, 0.3) is 0 Å². The molecule has 1 amide bonds. The van der Waals surface area contributed by atoms with Crippen molar-refractivity contribution in [2.45, 2.75) is 76.4 Å². The highest BCUT2D eigenvalue weighted by Gasteiger charge is 2.53. The molecule has 1 fully saturated rings. The first-order valence-electron chi connectivity index (χ1n) is 13.0. The summed E-state index contributed by atoms with van der Waals surface area (Å²) in [6.45, 7) is 4.84. The Morgan fingerprint density at radius 2 is 1.36 bits per heavy atom. The van der Waals surface area contributed by atoms with Gasteiger partial charge in [-0.15, -0.1) is 0 Å². The number of aromatic nitrogens is 2. The van der Waals surface area contributed by atoms with Crippen LogP contribution in [0.1, 0.15) is 61.8 Å². The molecule has 0 unspecified atom stereocenters. The molecule has 8 nitrogen and oxygen atoms in total.